The normalized spacial score (nSPS) is 49.7. The molecule has 0 aliphatic heterocycles. The molecular formula is C27H46O2. The highest BCUT2D eigenvalue weighted by Crippen LogP contribution is 2.67. The lowest BCUT2D eigenvalue weighted by molar-refractivity contribution is -0.0575. The van der Waals surface area contributed by atoms with Gasteiger partial charge in [-0.15, -0.1) is 0 Å². The van der Waals surface area contributed by atoms with Crippen LogP contribution in [0.5, 0.6) is 0 Å². The molecule has 29 heavy (non-hydrogen) atoms. The molecule has 2 nitrogen and oxygen atoms in total. The third kappa shape index (κ3) is 3.86. The molecule has 0 radical (unpaired) electrons. The Hall–Kier alpha value is -0.340. The Morgan fingerprint density at radius 1 is 1.17 bits per heavy atom. The molecule has 3 saturated carbocycles. The number of aliphatic hydroxyl groups is 2. The molecule has 0 aromatic rings. The summed E-state index contributed by atoms with van der Waals surface area (Å²) in [5.41, 5.74) is -0.641. The lowest BCUT2D eigenvalue weighted by atomic mass is 9.47. The molecule has 0 unspecified atom stereocenters. The Kier molecular flexibility index (Phi) is 4.08. The van der Waals surface area contributed by atoms with E-state index in [9.17, 15) is 10.2 Å². The maximum Gasteiger partial charge on any atom is 0.0591 e. The van der Waals surface area contributed by atoms with E-state index in [1.54, 1.807) is 0 Å². The van der Waals surface area contributed by atoms with Crippen LogP contribution in [0.15, 0.2) is 11.6 Å². The van der Waals surface area contributed by atoms with Gasteiger partial charge in [-0.2, -0.15) is 0 Å². The van der Waals surface area contributed by atoms with Gasteiger partial charge in [0.25, 0.3) is 0 Å². The first kappa shape index (κ1) is 15.5. The minimum Gasteiger partial charge on any atom is -0.393 e. The van der Waals surface area contributed by atoms with Crippen molar-refractivity contribution in [2.75, 3.05) is 0 Å². The number of aliphatic hydroxyl groups excluding tert-OH is 1. The van der Waals surface area contributed by atoms with Gasteiger partial charge in [0.15, 0.2) is 0 Å². The molecule has 0 aromatic heterocycles. The van der Waals surface area contributed by atoms with Crippen LogP contribution >= 0.6 is 0 Å². The van der Waals surface area contributed by atoms with Gasteiger partial charge in [-0.25, -0.2) is 0 Å². The fourth-order valence-electron chi connectivity index (χ4n) is 8.50. The average Bonchev–Trinajstić information content (AvgIpc) is 3.09. The first-order valence-electron chi connectivity index (χ1n) is 15.1. The van der Waals surface area contributed by atoms with Crippen LogP contribution in [0.4, 0.5) is 0 Å². The molecule has 2 N–H and O–H groups in total. The summed E-state index contributed by atoms with van der Waals surface area (Å²) in [4.78, 5) is 0. The highest BCUT2D eigenvalue weighted by Gasteiger charge is 2.59. The maximum absolute atomic E-state index is 10.6. The number of hydrogen-bond acceptors (Lipinski definition) is 2. The van der Waals surface area contributed by atoms with Crippen molar-refractivity contribution in [1.82, 2.24) is 0 Å². The van der Waals surface area contributed by atoms with Gasteiger partial charge in [-0.1, -0.05) is 45.3 Å². The second kappa shape index (κ2) is 7.66. The summed E-state index contributed by atoms with van der Waals surface area (Å²) in [7, 11) is 0. The zero-order valence-corrected chi connectivity index (χ0v) is 18.7. The SMILES string of the molecule is [2H]C([2H])([2H])C(O)(CCC[C@@H](C)[C@H]1CC[C@H]2[C@@H]3CC=C4C[C@@H](O)CC[C@]4(C)[C@H]3CC[C@]12C)C([2H])([2H])[2H]. The van der Waals surface area contributed by atoms with Crippen LogP contribution in [-0.2, 0) is 0 Å². The Labute approximate surface area is 188 Å². The molecule has 4 aliphatic carbocycles. The van der Waals surface area contributed by atoms with Crippen LogP contribution in [0.25, 0.3) is 0 Å². The zero-order valence-electron chi connectivity index (χ0n) is 24.7. The topological polar surface area (TPSA) is 40.5 Å². The Balaban J connectivity index is 1.43. The van der Waals surface area contributed by atoms with Gasteiger partial charge in [0.2, 0.25) is 0 Å². The van der Waals surface area contributed by atoms with Crippen molar-refractivity contribution in [1.29, 1.82) is 0 Å². The van der Waals surface area contributed by atoms with Gasteiger partial charge in [0, 0.05) is 8.22 Å². The van der Waals surface area contributed by atoms with Crippen molar-refractivity contribution >= 4 is 0 Å². The largest absolute Gasteiger partial charge is 0.393 e. The van der Waals surface area contributed by atoms with Crippen LogP contribution < -0.4 is 0 Å². The first-order valence-corrected chi connectivity index (χ1v) is 12.1. The number of rotatable bonds is 5. The van der Waals surface area contributed by atoms with Crippen molar-refractivity contribution in [3.63, 3.8) is 0 Å². The van der Waals surface area contributed by atoms with E-state index in [2.05, 4.69) is 26.8 Å². The molecular weight excluding hydrogens is 356 g/mol. The Morgan fingerprint density at radius 3 is 2.72 bits per heavy atom. The van der Waals surface area contributed by atoms with Gasteiger partial charge in [0.1, 0.15) is 0 Å². The fraction of sp³-hybridized carbons (Fsp3) is 0.926. The molecule has 0 amide bonds. The molecule has 4 rings (SSSR count). The van der Waals surface area contributed by atoms with Gasteiger partial charge in [0.05, 0.1) is 11.7 Å². The van der Waals surface area contributed by atoms with Gasteiger partial charge < -0.3 is 10.2 Å². The van der Waals surface area contributed by atoms with Crippen LogP contribution in [0.2, 0.25) is 0 Å². The van der Waals surface area contributed by atoms with Gasteiger partial charge in [-0.3, -0.25) is 0 Å². The fourth-order valence-corrected chi connectivity index (χ4v) is 8.50. The highest BCUT2D eigenvalue weighted by molar-refractivity contribution is 5.25. The average molecular weight is 409 g/mol. The van der Waals surface area contributed by atoms with E-state index in [-0.39, 0.29) is 23.4 Å². The molecule has 0 heterocycles. The number of fused-ring (bicyclic) bond motifs is 5. The predicted octanol–water partition coefficient (Wildman–Crippen LogP) is 6.50. The van der Waals surface area contributed by atoms with E-state index in [1.165, 1.54) is 31.3 Å². The molecule has 2 heteroatoms. The van der Waals surface area contributed by atoms with Crippen molar-refractivity contribution in [3.8, 4) is 0 Å². The van der Waals surface area contributed by atoms with Crippen molar-refractivity contribution in [3.05, 3.63) is 11.6 Å². The van der Waals surface area contributed by atoms with E-state index >= 15 is 0 Å². The summed E-state index contributed by atoms with van der Waals surface area (Å²) < 4.78 is 45.8. The van der Waals surface area contributed by atoms with Crippen LogP contribution in [0.3, 0.4) is 0 Å². The minimum absolute atomic E-state index is 0.176. The molecule has 0 spiro atoms. The van der Waals surface area contributed by atoms with E-state index in [1.807, 2.05) is 0 Å². The Bertz CT molecular complexity index is 805. The molecule has 3 fully saturated rings. The van der Waals surface area contributed by atoms with Crippen molar-refractivity contribution in [2.45, 2.75) is 117 Å². The Morgan fingerprint density at radius 2 is 1.97 bits per heavy atom. The standard InChI is InChI=1S/C27H46O2/c1-18(7-6-14-25(2,3)29)22-10-11-23-21-9-8-19-17-20(28)12-15-26(19,4)24(21)13-16-27(22,23)5/h8,18,20-24,28-29H,6-7,9-17H2,1-5H3/t18-,20+,21+,22-,23+,24+,26+,27-/m1/s1/i2D3,3D3. The number of hydrogen-bond donors (Lipinski definition) is 2. The smallest absolute Gasteiger partial charge is 0.0591 e. The second-order valence-corrected chi connectivity index (χ2v) is 11.6. The summed E-state index contributed by atoms with van der Waals surface area (Å²) in [5.74, 6) is 3.02. The van der Waals surface area contributed by atoms with Crippen LogP contribution in [0.1, 0.15) is 113 Å². The molecule has 0 saturated heterocycles. The lowest BCUT2D eigenvalue weighted by Crippen LogP contribution is -2.50. The monoisotopic (exact) mass is 408 g/mol. The van der Waals surface area contributed by atoms with Gasteiger partial charge in [-0.05, 0) is 112 Å². The summed E-state index contributed by atoms with van der Waals surface area (Å²) in [6.45, 7) is 1.33. The van der Waals surface area contributed by atoms with Crippen molar-refractivity contribution in [2.24, 2.45) is 40.4 Å². The molecule has 0 aromatic carbocycles. The predicted molar refractivity (Wildman–Crippen MR) is 121 cm³/mol. The third-order valence-electron chi connectivity index (χ3n) is 10.0. The maximum atomic E-state index is 10.6. The number of allylic oxidation sites excluding steroid dienone is 1. The minimum atomic E-state index is -2.93. The third-order valence-corrected chi connectivity index (χ3v) is 10.0. The zero-order chi connectivity index (χ0) is 26.0. The highest BCUT2D eigenvalue weighted by atomic mass is 16.3. The second-order valence-electron chi connectivity index (χ2n) is 11.6. The van der Waals surface area contributed by atoms with Crippen molar-refractivity contribution < 1.29 is 18.4 Å². The summed E-state index contributed by atoms with van der Waals surface area (Å²) in [6, 6.07) is 0. The lowest BCUT2D eigenvalue weighted by Gasteiger charge is -2.58. The molecule has 0 bridgehead atoms. The molecule has 8 atom stereocenters. The van der Waals surface area contributed by atoms with Crippen LogP contribution in [0, 0.1) is 40.4 Å². The summed E-state index contributed by atoms with van der Waals surface area (Å²) in [6.07, 6.45) is 12.1. The quantitative estimate of drug-likeness (QED) is 0.509. The van der Waals surface area contributed by atoms with E-state index in [0.717, 1.165) is 32.1 Å². The molecule has 4 aliphatic rings. The summed E-state index contributed by atoms with van der Waals surface area (Å²) in [5, 5.41) is 20.9. The van der Waals surface area contributed by atoms with E-state index < -0.39 is 19.3 Å². The van der Waals surface area contributed by atoms with E-state index in [0.29, 0.717) is 36.0 Å². The summed E-state index contributed by atoms with van der Waals surface area (Å²) >= 11 is 0. The van der Waals surface area contributed by atoms with Gasteiger partial charge >= 0.3 is 0 Å². The van der Waals surface area contributed by atoms with Crippen LogP contribution in [-0.4, -0.2) is 21.9 Å². The first-order chi connectivity index (χ1) is 16.0. The van der Waals surface area contributed by atoms with E-state index in [4.69, 9.17) is 8.22 Å². The molecule has 166 valence electrons.